The van der Waals surface area contributed by atoms with E-state index in [9.17, 15) is 9.59 Å². The molecule has 0 radical (unpaired) electrons. The van der Waals surface area contributed by atoms with E-state index in [1.807, 2.05) is 12.1 Å². The molecule has 0 aliphatic carbocycles. The van der Waals surface area contributed by atoms with Gasteiger partial charge >= 0.3 is 5.97 Å². The molecule has 0 atom stereocenters. The van der Waals surface area contributed by atoms with E-state index in [1.54, 1.807) is 60.7 Å². The second kappa shape index (κ2) is 7.09. The number of hydrogen-bond donors (Lipinski definition) is 0. The second-order valence-corrected chi connectivity index (χ2v) is 6.34. The summed E-state index contributed by atoms with van der Waals surface area (Å²) in [7, 11) is 0. The molecule has 132 valence electrons. The van der Waals surface area contributed by atoms with Crippen LogP contribution in [0.1, 0.15) is 26.3 Å². The number of esters is 1. The Balaban J connectivity index is 1.57. The quantitative estimate of drug-likeness (QED) is 0.359. The molecule has 27 heavy (non-hydrogen) atoms. The molecule has 3 aromatic carbocycles. The molecule has 1 aliphatic heterocycles. The summed E-state index contributed by atoms with van der Waals surface area (Å²) in [5.41, 5.74) is 1.62. The number of Topliss-reactive ketones (excluding diaryl/α,β-unsaturated/α-hetero) is 1. The Bertz CT molecular complexity index is 1070. The minimum Gasteiger partial charge on any atom is -0.452 e. The van der Waals surface area contributed by atoms with Crippen LogP contribution in [0.2, 0.25) is 5.02 Å². The molecule has 0 aromatic heterocycles. The maximum absolute atomic E-state index is 12.5. The van der Waals surface area contributed by atoms with Crippen molar-refractivity contribution in [2.75, 3.05) is 0 Å². The van der Waals surface area contributed by atoms with Crippen LogP contribution in [-0.4, -0.2) is 11.8 Å². The van der Waals surface area contributed by atoms with Gasteiger partial charge in [0.2, 0.25) is 5.78 Å². The smallest absolute Gasteiger partial charge is 0.343 e. The highest BCUT2D eigenvalue weighted by molar-refractivity contribution is 6.30. The standard InChI is InChI=1S/C22H13ClO4/c23-16-8-4-5-14(11-16)12-20-21(24)18-10-9-17(13-19(18)27-20)26-22(25)15-6-2-1-3-7-15/h1-13H. The van der Waals surface area contributed by atoms with Gasteiger partial charge in [0.15, 0.2) is 5.76 Å². The first-order chi connectivity index (χ1) is 13.1. The van der Waals surface area contributed by atoms with Gasteiger partial charge < -0.3 is 9.47 Å². The van der Waals surface area contributed by atoms with Gasteiger partial charge in [-0.1, -0.05) is 41.9 Å². The van der Waals surface area contributed by atoms with Crippen molar-refractivity contribution in [3.05, 3.63) is 100 Å². The lowest BCUT2D eigenvalue weighted by molar-refractivity contribution is 0.0734. The van der Waals surface area contributed by atoms with E-state index in [-0.39, 0.29) is 11.5 Å². The lowest BCUT2D eigenvalue weighted by Crippen LogP contribution is -2.08. The van der Waals surface area contributed by atoms with Crippen molar-refractivity contribution in [1.82, 2.24) is 0 Å². The maximum Gasteiger partial charge on any atom is 0.343 e. The first kappa shape index (κ1) is 17.1. The molecule has 1 heterocycles. The van der Waals surface area contributed by atoms with Gasteiger partial charge in [-0.25, -0.2) is 4.79 Å². The SMILES string of the molecule is O=C(Oc1ccc2c(c1)OC(=Cc1cccc(Cl)c1)C2=O)c1ccccc1. The van der Waals surface area contributed by atoms with E-state index in [4.69, 9.17) is 21.1 Å². The van der Waals surface area contributed by atoms with Gasteiger partial charge in [0.1, 0.15) is 11.5 Å². The number of hydrogen-bond acceptors (Lipinski definition) is 4. The molecule has 1 aliphatic rings. The highest BCUT2D eigenvalue weighted by atomic mass is 35.5. The fourth-order valence-electron chi connectivity index (χ4n) is 2.72. The van der Waals surface area contributed by atoms with Gasteiger partial charge in [-0.05, 0) is 48.0 Å². The first-order valence-corrected chi connectivity index (χ1v) is 8.59. The van der Waals surface area contributed by atoms with Crippen LogP contribution in [0.3, 0.4) is 0 Å². The molecule has 0 saturated heterocycles. The Kier molecular flexibility index (Phi) is 4.48. The molecule has 0 amide bonds. The average Bonchev–Trinajstić information content (AvgIpc) is 2.97. The lowest BCUT2D eigenvalue weighted by Gasteiger charge is -2.05. The monoisotopic (exact) mass is 376 g/mol. The largest absolute Gasteiger partial charge is 0.452 e. The van der Waals surface area contributed by atoms with Gasteiger partial charge in [0.05, 0.1) is 11.1 Å². The normalized spacial score (nSPS) is 14.0. The number of ether oxygens (including phenoxy) is 2. The summed E-state index contributed by atoms with van der Waals surface area (Å²) in [6.07, 6.45) is 1.63. The average molecular weight is 377 g/mol. The van der Waals surface area contributed by atoms with Crippen molar-refractivity contribution >= 4 is 29.4 Å². The number of rotatable bonds is 3. The Morgan fingerprint density at radius 2 is 1.78 bits per heavy atom. The molecule has 4 nitrogen and oxygen atoms in total. The summed E-state index contributed by atoms with van der Waals surface area (Å²) < 4.78 is 11.0. The molecule has 0 spiro atoms. The Labute approximate surface area is 160 Å². The number of ketones is 1. The fraction of sp³-hybridized carbons (Fsp3) is 0. The van der Waals surface area contributed by atoms with Gasteiger partial charge in [-0.2, -0.15) is 0 Å². The fourth-order valence-corrected chi connectivity index (χ4v) is 2.92. The van der Waals surface area contributed by atoms with Gasteiger partial charge in [-0.3, -0.25) is 4.79 Å². The Morgan fingerprint density at radius 1 is 0.963 bits per heavy atom. The van der Waals surface area contributed by atoms with E-state index >= 15 is 0 Å². The topological polar surface area (TPSA) is 52.6 Å². The van der Waals surface area contributed by atoms with E-state index in [1.165, 1.54) is 6.07 Å². The third-order valence-electron chi connectivity index (χ3n) is 4.01. The third kappa shape index (κ3) is 3.61. The van der Waals surface area contributed by atoms with Crippen molar-refractivity contribution < 1.29 is 19.1 Å². The van der Waals surface area contributed by atoms with Crippen LogP contribution < -0.4 is 9.47 Å². The van der Waals surface area contributed by atoms with Crippen LogP contribution >= 0.6 is 11.6 Å². The van der Waals surface area contributed by atoms with E-state index in [0.29, 0.717) is 27.6 Å². The molecule has 5 heteroatoms. The predicted octanol–water partition coefficient (Wildman–Crippen LogP) is 5.18. The van der Waals surface area contributed by atoms with Crippen molar-refractivity contribution in [2.24, 2.45) is 0 Å². The van der Waals surface area contributed by atoms with Crippen LogP contribution in [0.4, 0.5) is 0 Å². The lowest BCUT2D eigenvalue weighted by atomic mass is 10.1. The van der Waals surface area contributed by atoms with E-state index in [0.717, 1.165) is 5.56 Å². The molecule has 0 fully saturated rings. The summed E-state index contributed by atoms with van der Waals surface area (Å²) in [6, 6.07) is 20.5. The minimum atomic E-state index is -0.477. The number of carbonyl (C=O) groups excluding carboxylic acids is 2. The minimum absolute atomic E-state index is 0.193. The van der Waals surface area contributed by atoms with Crippen LogP contribution in [0.15, 0.2) is 78.6 Å². The number of carbonyl (C=O) groups is 2. The number of benzene rings is 3. The van der Waals surface area contributed by atoms with Gasteiger partial charge in [0, 0.05) is 11.1 Å². The van der Waals surface area contributed by atoms with Gasteiger partial charge in [0.25, 0.3) is 0 Å². The van der Waals surface area contributed by atoms with Crippen LogP contribution in [0.5, 0.6) is 11.5 Å². The molecule has 0 unspecified atom stereocenters. The van der Waals surface area contributed by atoms with Crippen molar-refractivity contribution in [3.8, 4) is 11.5 Å². The number of fused-ring (bicyclic) bond motifs is 1. The molecule has 0 N–H and O–H groups in total. The summed E-state index contributed by atoms with van der Waals surface area (Å²) in [5.74, 6) is 0.144. The molecule has 0 saturated carbocycles. The predicted molar refractivity (Wildman–Crippen MR) is 102 cm³/mol. The van der Waals surface area contributed by atoms with Crippen LogP contribution in [-0.2, 0) is 0 Å². The van der Waals surface area contributed by atoms with E-state index < -0.39 is 5.97 Å². The Morgan fingerprint density at radius 3 is 2.56 bits per heavy atom. The summed E-state index contributed by atoms with van der Waals surface area (Å²) in [6.45, 7) is 0. The van der Waals surface area contributed by atoms with E-state index in [2.05, 4.69) is 0 Å². The van der Waals surface area contributed by atoms with Gasteiger partial charge in [-0.15, -0.1) is 0 Å². The summed E-state index contributed by atoms with van der Waals surface area (Å²) in [4.78, 5) is 24.7. The molecule has 4 rings (SSSR count). The highest BCUT2D eigenvalue weighted by Crippen LogP contribution is 2.35. The van der Waals surface area contributed by atoms with Crippen molar-refractivity contribution in [3.63, 3.8) is 0 Å². The zero-order valence-electron chi connectivity index (χ0n) is 14.0. The maximum atomic E-state index is 12.5. The van der Waals surface area contributed by atoms with Crippen LogP contribution in [0, 0.1) is 0 Å². The molecule has 3 aromatic rings. The number of halogens is 1. The number of allylic oxidation sites excluding steroid dienone is 1. The third-order valence-corrected chi connectivity index (χ3v) is 4.24. The zero-order chi connectivity index (χ0) is 18.8. The highest BCUT2D eigenvalue weighted by Gasteiger charge is 2.28. The molecular formula is C22H13ClO4. The zero-order valence-corrected chi connectivity index (χ0v) is 14.8. The van der Waals surface area contributed by atoms with Crippen molar-refractivity contribution in [2.45, 2.75) is 0 Å². The first-order valence-electron chi connectivity index (χ1n) is 8.21. The molecular weight excluding hydrogens is 364 g/mol. The van der Waals surface area contributed by atoms with Crippen LogP contribution in [0.25, 0.3) is 6.08 Å². The summed E-state index contributed by atoms with van der Waals surface area (Å²) >= 11 is 5.97. The molecule has 0 bridgehead atoms. The summed E-state index contributed by atoms with van der Waals surface area (Å²) in [5, 5.41) is 0.572. The second-order valence-electron chi connectivity index (χ2n) is 5.91. The Hall–Kier alpha value is -3.37. The van der Waals surface area contributed by atoms with Crippen molar-refractivity contribution in [1.29, 1.82) is 0 Å².